The van der Waals surface area contributed by atoms with Crippen LogP contribution in [0.3, 0.4) is 0 Å². The fourth-order valence-electron chi connectivity index (χ4n) is 2.50. The Kier molecular flexibility index (Phi) is 8.05. The van der Waals surface area contributed by atoms with Gasteiger partial charge in [0.05, 0.1) is 13.7 Å². The molecule has 1 unspecified atom stereocenters. The van der Waals surface area contributed by atoms with Crippen molar-refractivity contribution >= 4 is 23.5 Å². The predicted octanol–water partition coefficient (Wildman–Crippen LogP) is 3.66. The van der Waals surface area contributed by atoms with Crippen molar-refractivity contribution in [2.24, 2.45) is 0 Å². The second-order valence-electron chi connectivity index (χ2n) is 5.98. The molecule has 1 N–H and O–H groups in total. The van der Waals surface area contributed by atoms with E-state index in [9.17, 15) is 9.59 Å². The lowest BCUT2D eigenvalue weighted by molar-refractivity contribution is -0.150. The van der Waals surface area contributed by atoms with Crippen molar-refractivity contribution in [1.82, 2.24) is 5.32 Å². The Morgan fingerprint density at radius 3 is 2.62 bits per heavy atom. The molecule has 0 aliphatic carbocycles. The van der Waals surface area contributed by atoms with Gasteiger partial charge in [0.15, 0.2) is 0 Å². The standard InChI is InChI=1S/C18H26ClNO4/c1-5-10-18(3,17(22)23-4)20-16(21)7-6-11-24-15-9-8-14(19)12-13(15)2/h8-9,12H,5-7,10-11H2,1-4H3,(H,20,21). The van der Waals surface area contributed by atoms with Crippen LogP contribution in [0.4, 0.5) is 0 Å². The largest absolute Gasteiger partial charge is 0.493 e. The molecular formula is C18H26ClNO4. The van der Waals surface area contributed by atoms with Gasteiger partial charge in [-0.15, -0.1) is 0 Å². The van der Waals surface area contributed by atoms with Crippen molar-refractivity contribution in [3.63, 3.8) is 0 Å². The fraction of sp³-hybridized carbons (Fsp3) is 0.556. The Morgan fingerprint density at radius 1 is 1.33 bits per heavy atom. The van der Waals surface area contributed by atoms with Crippen molar-refractivity contribution in [2.45, 2.75) is 52.0 Å². The number of hydrogen-bond acceptors (Lipinski definition) is 4. The van der Waals surface area contributed by atoms with Crippen LogP contribution in [0.2, 0.25) is 5.02 Å². The van der Waals surface area contributed by atoms with Gasteiger partial charge in [0.25, 0.3) is 0 Å². The molecule has 0 spiro atoms. The molecule has 134 valence electrons. The van der Waals surface area contributed by atoms with Crippen molar-refractivity contribution < 1.29 is 19.1 Å². The van der Waals surface area contributed by atoms with Gasteiger partial charge in [-0.05, 0) is 50.5 Å². The maximum Gasteiger partial charge on any atom is 0.331 e. The van der Waals surface area contributed by atoms with Crippen LogP contribution in [0.15, 0.2) is 18.2 Å². The van der Waals surface area contributed by atoms with Crippen LogP contribution < -0.4 is 10.1 Å². The summed E-state index contributed by atoms with van der Waals surface area (Å²) in [6.07, 6.45) is 2.14. The SMILES string of the molecule is CCCC(C)(NC(=O)CCCOc1ccc(Cl)cc1C)C(=O)OC. The Balaban J connectivity index is 2.44. The number of ether oxygens (including phenoxy) is 2. The third kappa shape index (κ3) is 6.04. The lowest BCUT2D eigenvalue weighted by Gasteiger charge is -2.27. The van der Waals surface area contributed by atoms with Crippen LogP contribution in [0.1, 0.15) is 45.1 Å². The Hall–Kier alpha value is -1.75. The van der Waals surface area contributed by atoms with Crippen LogP contribution in [-0.2, 0) is 14.3 Å². The van der Waals surface area contributed by atoms with Crippen molar-refractivity contribution in [1.29, 1.82) is 0 Å². The van der Waals surface area contributed by atoms with E-state index >= 15 is 0 Å². The van der Waals surface area contributed by atoms with E-state index in [-0.39, 0.29) is 12.3 Å². The third-order valence-corrected chi connectivity index (χ3v) is 3.98. The molecule has 0 heterocycles. The van der Waals surface area contributed by atoms with E-state index in [2.05, 4.69) is 5.32 Å². The number of nitrogens with one attached hydrogen (secondary N) is 1. The van der Waals surface area contributed by atoms with E-state index < -0.39 is 11.5 Å². The molecule has 0 aliphatic heterocycles. The molecule has 0 aromatic heterocycles. The predicted molar refractivity (Wildman–Crippen MR) is 94.4 cm³/mol. The normalized spacial score (nSPS) is 13.0. The minimum absolute atomic E-state index is 0.187. The number of hydrogen-bond donors (Lipinski definition) is 1. The van der Waals surface area contributed by atoms with Gasteiger partial charge in [-0.2, -0.15) is 0 Å². The first-order valence-corrected chi connectivity index (χ1v) is 8.48. The maximum absolute atomic E-state index is 12.1. The number of amides is 1. The number of carbonyl (C=O) groups is 2. The zero-order chi connectivity index (χ0) is 18.2. The molecule has 0 saturated heterocycles. The van der Waals surface area contributed by atoms with Crippen molar-refractivity contribution in [3.8, 4) is 5.75 Å². The summed E-state index contributed by atoms with van der Waals surface area (Å²) in [4.78, 5) is 24.0. The molecule has 5 nitrogen and oxygen atoms in total. The molecule has 0 radical (unpaired) electrons. The van der Waals surface area contributed by atoms with Gasteiger partial charge in [0.1, 0.15) is 11.3 Å². The lowest BCUT2D eigenvalue weighted by Crippen LogP contribution is -2.52. The van der Waals surface area contributed by atoms with Crippen molar-refractivity contribution in [3.05, 3.63) is 28.8 Å². The van der Waals surface area contributed by atoms with E-state index in [4.69, 9.17) is 21.1 Å². The quantitative estimate of drug-likeness (QED) is 0.542. The number of aryl methyl sites for hydroxylation is 1. The zero-order valence-corrected chi connectivity index (χ0v) is 15.5. The minimum atomic E-state index is -0.978. The fourth-order valence-corrected chi connectivity index (χ4v) is 2.73. The molecule has 0 saturated carbocycles. The molecule has 1 atom stereocenters. The van der Waals surface area contributed by atoms with E-state index in [0.29, 0.717) is 24.5 Å². The van der Waals surface area contributed by atoms with Gasteiger partial charge >= 0.3 is 5.97 Å². The van der Waals surface area contributed by atoms with Crippen LogP contribution >= 0.6 is 11.6 Å². The van der Waals surface area contributed by atoms with Gasteiger partial charge in [-0.1, -0.05) is 24.9 Å². The first-order chi connectivity index (χ1) is 11.3. The third-order valence-electron chi connectivity index (χ3n) is 3.74. The van der Waals surface area contributed by atoms with E-state index in [1.54, 1.807) is 13.0 Å². The highest BCUT2D eigenvalue weighted by molar-refractivity contribution is 6.30. The molecule has 1 amide bonds. The first-order valence-electron chi connectivity index (χ1n) is 8.10. The topological polar surface area (TPSA) is 64.6 Å². The number of benzene rings is 1. The second kappa shape index (κ2) is 9.52. The molecule has 0 fully saturated rings. The summed E-state index contributed by atoms with van der Waals surface area (Å²) in [5.41, 5.74) is -0.0260. The summed E-state index contributed by atoms with van der Waals surface area (Å²) in [5.74, 6) is 0.142. The smallest absolute Gasteiger partial charge is 0.331 e. The van der Waals surface area contributed by atoms with E-state index in [1.807, 2.05) is 26.0 Å². The number of rotatable bonds is 9. The minimum Gasteiger partial charge on any atom is -0.493 e. The van der Waals surface area contributed by atoms with Crippen molar-refractivity contribution in [2.75, 3.05) is 13.7 Å². The molecule has 0 bridgehead atoms. The highest BCUT2D eigenvalue weighted by atomic mass is 35.5. The van der Waals surface area contributed by atoms with Crippen LogP contribution in [0.5, 0.6) is 5.75 Å². The number of esters is 1. The summed E-state index contributed by atoms with van der Waals surface area (Å²) in [5, 5.41) is 3.44. The number of methoxy groups -OCH3 is 1. The molecule has 0 aliphatic rings. The van der Waals surface area contributed by atoms with Gasteiger partial charge in [0, 0.05) is 11.4 Å². The average molecular weight is 356 g/mol. The zero-order valence-electron chi connectivity index (χ0n) is 14.8. The highest BCUT2D eigenvalue weighted by Crippen LogP contribution is 2.22. The second-order valence-corrected chi connectivity index (χ2v) is 6.42. The van der Waals surface area contributed by atoms with Gasteiger partial charge < -0.3 is 14.8 Å². The summed E-state index contributed by atoms with van der Waals surface area (Å²) in [7, 11) is 1.32. The highest BCUT2D eigenvalue weighted by Gasteiger charge is 2.34. The summed E-state index contributed by atoms with van der Waals surface area (Å²) in [6, 6.07) is 5.41. The number of halogens is 1. The maximum atomic E-state index is 12.1. The Labute approximate surface area is 148 Å². The van der Waals surface area contributed by atoms with Gasteiger partial charge in [0.2, 0.25) is 5.91 Å². The first kappa shape index (κ1) is 20.3. The summed E-state index contributed by atoms with van der Waals surface area (Å²) >= 11 is 5.90. The van der Waals surface area contributed by atoms with Crippen LogP contribution in [-0.4, -0.2) is 31.1 Å². The monoisotopic (exact) mass is 355 g/mol. The van der Waals surface area contributed by atoms with Crippen LogP contribution in [0, 0.1) is 6.92 Å². The summed E-state index contributed by atoms with van der Waals surface area (Å²) < 4.78 is 10.4. The van der Waals surface area contributed by atoms with Gasteiger partial charge in [-0.25, -0.2) is 4.79 Å². The molecule has 24 heavy (non-hydrogen) atoms. The lowest BCUT2D eigenvalue weighted by atomic mass is 9.96. The van der Waals surface area contributed by atoms with E-state index in [0.717, 1.165) is 17.7 Å². The Morgan fingerprint density at radius 2 is 2.04 bits per heavy atom. The number of carbonyl (C=O) groups excluding carboxylic acids is 2. The average Bonchev–Trinajstić information content (AvgIpc) is 2.52. The molecule has 1 aromatic rings. The molecule has 1 rings (SSSR count). The summed E-state index contributed by atoms with van der Waals surface area (Å²) in [6.45, 7) is 5.97. The molecule has 1 aromatic carbocycles. The van der Waals surface area contributed by atoms with Gasteiger partial charge in [-0.3, -0.25) is 4.79 Å². The molecular weight excluding hydrogens is 330 g/mol. The molecule has 6 heteroatoms. The Bertz CT molecular complexity index is 576. The van der Waals surface area contributed by atoms with Crippen LogP contribution in [0.25, 0.3) is 0 Å². The van der Waals surface area contributed by atoms with E-state index in [1.165, 1.54) is 7.11 Å².